The second-order valence-corrected chi connectivity index (χ2v) is 14.4. The van der Waals surface area contributed by atoms with E-state index in [1.54, 1.807) is 0 Å². The van der Waals surface area contributed by atoms with Gasteiger partial charge in [0.2, 0.25) is 0 Å². The Hall–Kier alpha value is -0.670. The quantitative estimate of drug-likeness (QED) is 0.367. The molecule has 0 heterocycles. The summed E-state index contributed by atoms with van der Waals surface area (Å²) in [5, 5.41) is 21.4. The van der Waals surface area contributed by atoms with E-state index in [2.05, 4.69) is 48.1 Å². The third-order valence-corrected chi connectivity index (χ3v) is 13.4. The van der Waals surface area contributed by atoms with Gasteiger partial charge in [0.1, 0.15) is 5.78 Å². The van der Waals surface area contributed by atoms with Crippen molar-refractivity contribution in [2.45, 2.75) is 112 Å². The number of rotatable bonds is 2. The van der Waals surface area contributed by atoms with Gasteiger partial charge < -0.3 is 10.2 Å². The van der Waals surface area contributed by atoms with E-state index in [1.807, 2.05) is 0 Å². The zero-order valence-electron chi connectivity index (χ0n) is 22.0. The van der Waals surface area contributed by atoms with Crippen LogP contribution in [0.3, 0.4) is 0 Å². The second-order valence-electron chi connectivity index (χ2n) is 14.4. The monoisotopic (exact) mass is 456 g/mol. The van der Waals surface area contributed by atoms with Crippen molar-refractivity contribution in [2.75, 3.05) is 0 Å². The van der Waals surface area contributed by atoms with Crippen LogP contribution in [0.4, 0.5) is 0 Å². The largest absolute Gasteiger partial charge is 0.368 e. The van der Waals surface area contributed by atoms with E-state index in [0.29, 0.717) is 35.4 Å². The Bertz CT molecular complexity index is 859. The molecule has 5 saturated carbocycles. The first-order valence-corrected chi connectivity index (χ1v) is 13.8. The van der Waals surface area contributed by atoms with Gasteiger partial charge >= 0.3 is 0 Å². The van der Waals surface area contributed by atoms with Crippen LogP contribution in [-0.2, 0) is 4.79 Å². The first-order valence-electron chi connectivity index (χ1n) is 13.8. The van der Waals surface area contributed by atoms with Gasteiger partial charge in [-0.2, -0.15) is 0 Å². The summed E-state index contributed by atoms with van der Waals surface area (Å²) in [6.45, 7) is 18.7. The number of aliphatic hydroxyl groups is 2. The van der Waals surface area contributed by atoms with Crippen LogP contribution in [0.5, 0.6) is 0 Å². The summed E-state index contributed by atoms with van der Waals surface area (Å²) >= 11 is 0. The molecule has 0 aliphatic heterocycles. The van der Waals surface area contributed by atoms with Gasteiger partial charge in [0, 0.05) is 17.3 Å². The van der Waals surface area contributed by atoms with E-state index in [4.69, 9.17) is 0 Å². The van der Waals surface area contributed by atoms with Crippen molar-refractivity contribution < 1.29 is 15.0 Å². The van der Waals surface area contributed by atoms with Crippen molar-refractivity contribution in [3.05, 3.63) is 12.2 Å². The number of hydrogen-bond acceptors (Lipinski definition) is 3. The fourth-order valence-electron chi connectivity index (χ4n) is 11.4. The Labute approximate surface area is 201 Å². The molecule has 9 atom stereocenters. The lowest BCUT2D eigenvalue weighted by Gasteiger charge is -2.72. The van der Waals surface area contributed by atoms with Crippen LogP contribution < -0.4 is 0 Å². The zero-order chi connectivity index (χ0) is 24.2. The topological polar surface area (TPSA) is 57.5 Å². The molecule has 3 heteroatoms. The predicted molar refractivity (Wildman–Crippen MR) is 132 cm³/mol. The van der Waals surface area contributed by atoms with Crippen LogP contribution >= 0.6 is 0 Å². The average Bonchev–Trinajstić information content (AvgIpc) is 3.13. The van der Waals surface area contributed by atoms with Crippen molar-refractivity contribution in [3.63, 3.8) is 0 Å². The molecule has 5 fully saturated rings. The Kier molecular flexibility index (Phi) is 5.24. The lowest BCUT2D eigenvalue weighted by molar-refractivity contribution is -0.258. The molecule has 0 aromatic carbocycles. The van der Waals surface area contributed by atoms with E-state index in [0.717, 1.165) is 44.9 Å². The summed E-state index contributed by atoms with van der Waals surface area (Å²) in [6.07, 6.45) is 9.37. The van der Waals surface area contributed by atoms with E-state index in [9.17, 15) is 15.0 Å². The summed E-state index contributed by atoms with van der Waals surface area (Å²) in [4.78, 5) is 12.9. The van der Waals surface area contributed by atoms with Crippen LogP contribution in [0.1, 0.15) is 106 Å². The molecule has 9 unspecified atom stereocenters. The maximum atomic E-state index is 12.9. The van der Waals surface area contributed by atoms with Crippen LogP contribution in [-0.4, -0.2) is 22.3 Å². The van der Waals surface area contributed by atoms with Gasteiger partial charge in [-0.05, 0) is 111 Å². The SMILES string of the molecule is C=C(C)C1CCC2(C(O)O)CCC3(C)C(CCC4C5(C)CCC(=O)C(C)(C)C5CCC43C)C12. The lowest BCUT2D eigenvalue weighted by atomic mass is 9.32. The molecule has 2 N–H and O–H groups in total. The molecular weight excluding hydrogens is 408 g/mol. The Morgan fingerprint density at radius 2 is 1.58 bits per heavy atom. The molecule has 5 rings (SSSR count). The minimum atomic E-state index is -1.22. The Balaban J connectivity index is 1.56. The molecule has 0 aromatic rings. The van der Waals surface area contributed by atoms with Crippen LogP contribution in [0, 0.1) is 56.7 Å². The molecule has 0 amide bonds. The van der Waals surface area contributed by atoms with Crippen molar-refractivity contribution in [1.82, 2.24) is 0 Å². The van der Waals surface area contributed by atoms with Gasteiger partial charge in [-0.3, -0.25) is 4.79 Å². The summed E-state index contributed by atoms with van der Waals surface area (Å²) in [6, 6.07) is 0. The van der Waals surface area contributed by atoms with Gasteiger partial charge in [-0.15, -0.1) is 0 Å². The standard InChI is InChI=1S/C30H48O3/c1-18(2)19-10-15-30(25(32)33)17-16-28(6)20(24(19)30)8-9-22-27(5)13-12-23(31)26(3,4)21(27)11-14-29(22,28)7/h19-22,24-25,32-33H,1,8-17H2,2-7H3. The Morgan fingerprint density at radius 3 is 2.21 bits per heavy atom. The Morgan fingerprint density at radius 1 is 0.879 bits per heavy atom. The number of carbonyl (C=O) groups is 1. The number of aliphatic hydroxyl groups excluding tert-OH is 1. The number of carbonyl (C=O) groups excluding carboxylic acids is 1. The van der Waals surface area contributed by atoms with Gasteiger partial charge in [-0.1, -0.05) is 46.8 Å². The van der Waals surface area contributed by atoms with Crippen molar-refractivity contribution >= 4 is 5.78 Å². The predicted octanol–water partition coefficient (Wildman–Crippen LogP) is 6.52. The maximum Gasteiger partial charge on any atom is 0.157 e. The molecule has 5 aliphatic rings. The summed E-state index contributed by atoms with van der Waals surface area (Å²) in [5.74, 6) is 2.88. The van der Waals surface area contributed by atoms with Crippen molar-refractivity contribution in [2.24, 2.45) is 56.7 Å². The minimum absolute atomic E-state index is 0.203. The molecule has 3 nitrogen and oxygen atoms in total. The molecule has 5 aliphatic carbocycles. The molecule has 33 heavy (non-hydrogen) atoms. The van der Waals surface area contributed by atoms with Gasteiger partial charge in [0.15, 0.2) is 6.29 Å². The van der Waals surface area contributed by atoms with Gasteiger partial charge in [-0.25, -0.2) is 0 Å². The maximum absolute atomic E-state index is 12.9. The van der Waals surface area contributed by atoms with Crippen LogP contribution in [0.15, 0.2) is 12.2 Å². The van der Waals surface area contributed by atoms with E-state index >= 15 is 0 Å². The van der Waals surface area contributed by atoms with Crippen molar-refractivity contribution in [1.29, 1.82) is 0 Å². The van der Waals surface area contributed by atoms with Gasteiger partial charge in [0.25, 0.3) is 0 Å². The first kappa shape index (κ1) is 24.0. The van der Waals surface area contributed by atoms with Gasteiger partial charge in [0.05, 0.1) is 0 Å². The van der Waals surface area contributed by atoms with E-state index < -0.39 is 6.29 Å². The molecular formula is C30H48O3. The third-order valence-electron chi connectivity index (χ3n) is 13.4. The summed E-state index contributed by atoms with van der Waals surface area (Å²) < 4.78 is 0. The van der Waals surface area contributed by atoms with Crippen LogP contribution in [0.25, 0.3) is 0 Å². The molecule has 0 radical (unpaired) electrons. The summed E-state index contributed by atoms with van der Waals surface area (Å²) in [5.41, 5.74) is 1.36. The highest BCUT2D eigenvalue weighted by molar-refractivity contribution is 5.85. The van der Waals surface area contributed by atoms with Crippen molar-refractivity contribution in [3.8, 4) is 0 Å². The van der Waals surface area contributed by atoms with Crippen LogP contribution in [0.2, 0.25) is 0 Å². The fourth-order valence-corrected chi connectivity index (χ4v) is 11.4. The highest BCUT2D eigenvalue weighted by Crippen LogP contribution is 2.77. The number of Topliss-reactive ketones (excluding diaryl/α,β-unsaturated/α-hetero) is 1. The number of fused-ring (bicyclic) bond motifs is 7. The highest BCUT2D eigenvalue weighted by Gasteiger charge is 2.71. The summed E-state index contributed by atoms with van der Waals surface area (Å²) in [7, 11) is 0. The third kappa shape index (κ3) is 2.79. The highest BCUT2D eigenvalue weighted by atomic mass is 16.5. The van der Waals surface area contributed by atoms with E-state index in [1.165, 1.54) is 24.8 Å². The molecule has 0 saturated heterocycles. The number of ketones is 1. The number of hydrogen-bond donors (Lipinski definition) is 2. The minimum Gasteiger partial charge on any atom is -0.368 e. The number of allylic oxidation sites excluding steroid dienone is 1. The molecule has 0 aromatic heterocycles. The molecule has 0 spiro atoms. The fraction of sp³-hybridized carbons (Fsp3) is 0.900. The average molecular weight is 457 g/mol. The zero-order valence-corrected chi connectivity index (χ0v) is 22.0. The van der Waals surface area contributed by atoms with E-state index in [-0.39, 0.29) is 27.1 Å². The second kappa shape index (κ2) is 7.19. The lowest BCUT2D eigenvalue weighted by Crippen LogP contribution is -2.67. The molecule has 186 valence electrons. The first-order chi connectivity index (χ1) is 15.3. The normalized spacial score (nSPS) is 53.1. The molecule has 0 bridgehead atoms. The smallest absolute Gasteiger partial charge is 0.157 e.